The van der Waals surface area contributed by atoms with Crippen molar-refractivity contribution in [2.24, 2.45) is 0 Å². The van der Waals surface area contributed by atoms with Crippen LogP contribution in [0.2, 0.25) is 0 Å². The number of hydrogen-bond donors (Lipinski definition) is 5. The molecule has 0 aliphatic carbocycles. The summed E-state index contributed by atoms with van der Waals surface area (Å²) in [5.74, 6) is -0.589. The summed E-state index contributed by atoms with van der Waals surface area (Å²) in [6, 6.07) is -0.973. The van der Waals surface area contributed by atoms with Crippen LogP contribution in [0, 0.1) is 0 Å². The van der Waals surface area contributed by atoms with E-state index in [2.05, 4.69) is 19.2 Å². The fourth-order valence-electron chi connectivity index (χ4n) is 4.75. The average Bonchev–Trinajstić information content (AvgIpc) is 2.88. The van der Waals surface area contributed by atoms with E-state index in [4.69, 9.17) is 0 Å². The van der Waals surface area contributed by atoms with Crippen molar-refractivity contribution < 1.29 is 25.2 Å². The number of unbranched alkanes of at least 4 members (excludes halogenated alkanes) is 18. The number of carbonyl (C=O) groups is 1. The first-order chi connectivity index (χ1) is 17.5. The van der Waals surface area contributed by atoms with Crippen molar-refractivity contribution in [2.45, 2.75) is 179 Å². The van der Waals surface area contributed by atoms with Crippen molar-refractivity contribution in [2.75, 3.05) is 6.61 Å². The van der Waals surface area contributed by atoms with Gasteiger partial charge >= 0.3 is 0 Å². The lowest BCUT2D eigenvalue weighted by molar-refractivity contribution is -0.132. The van der Waals surface area contributed by atoms with Gasteiger partial charge in [-0.3, -0.25) is 4.79 Å². The first kappa shape index (κ1) is 35.3. The third-order valence-corrected chi connectivity index (χ3v) is 7.32. The van der Waals surface area contributed by atoms with Crippen LogP contribution in [0.1, 0.15) is 155 Å². The second-order valence-corrected chi connectivity index (χ2v) is 10.8. The summed E-state index contributed by atoms with van der Waals surface area (Å²) < 4.78 is 0. The molecule has 0 aliphatic heterocycles. The minimum absolute atomic E-state index is 0.373. The minimum atomic E-state index is -1.25. The third-order valence-electron chi connectivity index (χ3n) is 7.32. The Hall–Kier alpha value is -0.690. The summed E-state index contributed by atoms with van der Waals surface area (Å²) in [7, 11) is 0. The molecule has 5 N–H and O–H groups in total. The van der Waals surface area contributed by atoms with Gasteiger partial charge in [0.15, 0.2) is 0 Å². The van der Waals surface area contributed by atoms with E-state index in [1.165, 1.54) is 77.0 Å². The van der Waals surface area contributed by atoms with E-state index in [-0.39, 0.29) is 0 Å². The van der Waals surface area contributed by atoms with E-state index in [1.54, 1.807) is 0 Å². The van der Waals surface area contributed by atoms with E-state index >= 15 is 0 Å². The molecule has 0 aromatic rings. The van der Waals surface area contributed by atoms with Crippen LogP contribution in [-0.4, -0.2) is 57.3 Å². The third kappa shape index (κ3) is 20.4. The Morgan fingerprint density at radius 2 is 0.944 bits per heavy atom. The summed E-state index contributed by atoms with van der Waals surface area (Å²) in [6.45, 7) is 3.92. The number of nitrogens with one attached hydrogen (secondary N) is 1. The Balaban J connectivity index is 3.77. The van der Waals surface area contributed by atoms with Gasteiger partial charge in [-0.05, 0) is 12.8 Å². The smallest absolute Gasteiger partial charge is 0.249 e. The number of aliphatic hydroxyl groups excluding tert-OH is 4. The molecule has 36 heavy (non-hydrogen) atoms. The van der Waals surface area contributed by atoms with Crippen molar-refractivity contribution in [1.29, 1.82) is 0 Å². The van der Waals surface area contributed by atoms with Crippen LogP contribution in [0.15, 0.2) is 0 Å². The van der Waals surface area contributed by atoms with Crippen LogP contribution in [0.4, 0.5) is 0 Å². The topological polar surface area (TPSA) is 110 Å². The summed E-state index contributed by atoms with van der Waals surface area (Å²) in [5.41, 5.74) is 0. The Bertz CT molecular complexity index is 476. The van der Waals surface area contributed by atoms with Crippen molar-refractivity contribution in [3.8, 4) is 0 Å². The second-order valence-electron chi connectivity index (χ2n) is 10.8. The maximum Gasteiger partial charge on any atom is 0.249 e. The zero-order valence-corrected chi connectivity index (χ0v) is 23.8. The number of rotatable bonds is 27. The molecule has 4 unspecified atom stereocenters. The molecule has 0 radical (unpaired) electrons. The molecule has 4 atom stereocenters. The first-order valence-electron chi connectivity index (χ1n) is 15.4. The molecular formula is C30H61NO5. The molecule has 0 aromatic carbocycles. The zero-order valence-electron chi connectivity index (χ0n) is 23.8. The second kappa shape index (κ2) is 25.9. The maximum absolute atomic E-state index is 12.3. The lowest BCUT2D eigenvalue weighted by Crippen LogP contribution is -2.53. The molecule has 0 saturated carbocycles. The van der Waals surface area contributed by atoms with E-state index in [0.717, 1.165) is 51.4 Å². The summed E-state index contributed by atoms with van der Waals surface area (Å²) >= 11 is 0. The predicted octanol–water partition coefficient (Wildman–Crippen LogP) is 6.17. The fourth-order valence-corrected chi connectivity index (χ4v) is 4.75. The van der Waals surface area contributed by atoms with Gasteiger partial charge in [0.2, 0.25) is 5.91 Å². The highest BCUT2D eigenvalue weighted by Crippen LogP contribution is 2.15. The normalized spacial score (nSPS) is 14.9. The molecule has 6 nitrogen and oxygen atoms in total. The van der Waals surface area contributed by atoms with Gasteiger partial charge in [-0.25, -0.2) is 0 Å². The Kier molecular flexibility index (Phi) is 25.4. The number of carbonyl (C=O) groups excluding carboxylic acids is 1. The van der Waals surface area contributed by atoms with Crippen LogP contribution in [0.5, 0.6) is 0 Å². The SMILES string of the molecule is CCCCCCCCCCCCCCCCCC(O)C(=O)NC(CO)C(O)C(O)CCCCCCC. The van der Waals surface area contributed by atoms with Crippen LogP contribution >= 0.6 is 0 Å². The van der Waals surface area contributed by atoms with Crippen LogP contribution in [0.25, 0.3) is 0 Å². The highest BCUT2D eigenvalue weighted by Gasteiger charge is 2.28. The van der Waals surface area contributed by atoms with E-state index in [0.29, 0.717) is 12.8 Å². The van der Waals surface area contributed by atoms with E-state index < -0.39 is 36.9 Å². The molecule has 6 heteroatoms. The molecule has 0 aliphatic rings. The van der Waals surface area contributed by atoms with Gasteiger partial charge < -0.3 is 25.7 Å². The number of aliphatic hydroxyl groups is 4. The molecule has 0 spiro atoms. The van der Waals surface area contributed by atoms with Crippen molar-refractivity contribution in [1.82, 2.24) is 5.32 Å². The van der Waals surface area contributed by atoms with Gasteiger partial charge in [0, 0.05) is 0 Å². The molecule has 1 amide bonds. The Morgan fingerprint density at radius 1 is 0.583 bits per heavy atom. The lowest BCUT2D eigenvalue weighted by atomic mass is 9.99. The fraction of sp³-hybridized carbons (Fsp3) is 0.967. The highest BCUT2D eigenvalue weighted by molar-refractivity contribution is 5.80. The van der Waals surface area contributed by atoms with Crippen LogP contribution < -0.4 is 5.32 Å². The molecule has 0 saturated heterocycles. The number of hydrogen-bond acceptors (Lipinski definition) is 5. The van der Waals surface area contributed by atoms with Gasteiger partial charge in [0.25, 0.3) is 0 Å². The molecule has 0 fully saturated rings. The molecular weight excluding hydrogens is 454 g/mol. The van der Waals surface area contributed by atoms with Crippen molar-refractivity contribution in [3.05, 3.63) is 0 Å². The van der Waals surface area contributed by atoms with Crippen LogP contribution in [-0.2, 0) is 4.79 Å². The molecule has 216 valence electrons. The highest BCUT2D eigenvalue weighted by atomic mass is 16.3. The Labute approximate surface area is 222 Å². The van der Waals surface area contributed by atoms with Gasteiger partial charge in [0.1, 0.15) is 12.2 Å². The monoisotopic (exact) mass is 515 g/mol. The Morgan fingerprint density at radius 3 is 1.33 bits per heavy atom. The largest absolute Gasteiger partial charge is 0.394 e. The van der Waals surface area contributed by atoms with Crippen molar-refractivity contribution >= 4 is 5.91 Å². The average molecular weight is 516 g/mol. The lowest BCUT2D eigenvalue weighted by Gasteiger charge is -2.27. The molecule has 0 heterocycles. The van der Waals surface area contributed by atoms with Gasteiger partial charge in [-0.2, -0.15) is 0 Å². The van der Waals surface area contributed by atoms with Gasteiger partial charge in [0.05, 0.1) is 18.8 Å². The standard InChI is InChI=1S/C30H61NO5/c1-3-5-7-9-10-11-12-13-14-15-16-17-18-20-22-24-28(34)30(36)31-26(25-32)29(35)27(33)23-21-19-8-6-4-2/h26-29,32-35H,3-25H2,1-2H3,(H,31,36). The summed E-state index contributed by atoms with van der Waals surface area (Å²) in [6.07, 6.45) is 21.6. The summed E-state index contributed by atoms with van der Waals surface area (Å²) in [4.78, 5) is 12.3. The molecule has 0 bridgehead atoms. The summed E-state index contributed by atoms with van der Waals surface area (Å²) in [5, 5.41) is 42.8. The minimum Gasteiger partial charge on any atom is -0.394 e. The van der Waals surface area contributed by atoms with Gasteiger partial charge in [-0.1, -0.05) is 142 Å². The number of amides is 1. The van der Waals surface area contributed by atoms with E-state index in [9.17, 15) is 25.2 Å². The van der Waals surface area contributed by atoms with Crippen LogP contribution in [0.3, 0.4) is 0 Å². The molecule has 0 aromatic heterocycles. The molecule has 0 rings (SSSR count). The quantitative estimate of drug-likeness (QED) is 0.0841. The van der Waals surface area contributed by atoms with E-state index in [1.807, 2.05) is 0 Å². The van der Waals surface area contributed by atoms with Gasteiger partial charge in [-0.15, -0.1) is 0 Å². The maximum atomic E-state index is 12.3. The first-order valence-corrected chi connectivity index (χ1v) is 15.4. The van der Waals surface area contributed by atoms with Crippen molar-refractivity contribution in [3.63, 3.8) is 0 Å². The predicted molar refractivity (Wildman–Crippen MR) is 150 cm³/mol. The zero-order chi connectivity index (χ0) is 26.9.